The highest BCUT2D eigenvalue weighted by Crippen LogP contribution is 2.36. The molecule has 0 aliphatic carbocycles. The number of rotatable bonds is 4. The first-order valence-electron chi connectivity index (χ1n) is 5.42. The van der Waals surface area contributed by atoms with Crippen LogP contribution in [0.5, 0.6) is 0 Å². The van der Waals surface area contributed by atoms with Crippen molar-refractivity contribution in [1.82, 2.24) is 0 Å². The molecule has 100 valence electrons. The number of thiophene rings is 1. The zero-order chi connectivity index (χ0) is 13.8. The molecule has 0 saturated heterocycles. The Morgan fingerprint density at radius 1 is 1.37 bits per heavy atom. The molecule has 0 radical (unpaired) electrons. The average molecular weight is 314 g/mol. The van der Waals surface area contributed by atoms with E-state index in [0.717, 1.165) is 15.6 Å². The van der Waals surface area contributed by atoms with Crippen molar-refractivity contribution in [2.75, 3.05) is 18.7 Å². The molecule has 0 unspecified atom stereocenters. The SMILES string of the molecule is COC(=O)c1cc(Nc2ccc(Cl)cc2)c(SC)s1. The third-order valence-electron chi connectivity index (χ3n) is 2.39. The average Bonchev–Trinajstić information content (AvgIpc) is 2.83. The lowest BCUT2D eigenvalue weighted by molar-refractivity contribution is 0.0606. The summed E-state index contributed by atoms with van der Waals surface area (Å²) in [4.78, 5) is 12.1. The van der Waals surface area contributed by atoms with Crippen LogP contribution >= 0.6 is 34.7 Å². The van der Waals surface area contributed by atoms with Crippen LogP contribution in [0, 0.1) is 0 Å². The molecule has 0 bridgehead atoms. The van der Waals surface area contributed by atoms with Gasteiger partial charge in [0.15, 0.2) is 0 Å². The number of ether oxygens (including phenoxy) is 1. The first kappa shape index (κ1) is 14.2. The number of carbonyl (C=O) groups excluding carboxylic acids is 1. The van der Waals surface area contributed by atoms with Crippen LogP contribution < -0.4 is 5.32 Å². The van der Waals surface area contributed by atoms with Crippen LogP contribution in [0.4, 0.5) is 11.4 Å². The van der Waals surface area contributed by atoms with Gasteiger partial charge in [-0.05, 0) is 36.6 Å². The van der Waals surface area contributed by atoms with Crippen molar-refractivity contribution >= 4 is 52.0 Å². The summed E-state index contributed by atoms with van der Waals surface area (Å²) in [6, 6.07) is 9.22. The second-order valence-electron chi connectivity index (χ2n) is 3.64. The van der Waals surface area contributed by atoms with Crippen molar-refractivity contribution in [3.8, 4) is 0 Å². The van der Waals surface area contributed by atoms with Gasteiger partial charge in [-0.25, -0.2) is 4.79 Å². The molecule has 1 aromatic carbocycles. The minimum absolute atomic E-state index is 0.315. The van der Waals surface area contributed by atoms with Gasteiger partial charge in [0.25, 0.3) is 0 Å². The molecule has 19 heavy (non-hydrogen) atoms. The quantitative estimate of drug-likeness (QED) is 0.658. The maximum atomic E-state index is 11.5. The molecule has 6 heteroatoms. The van der Waals surface area contributed by atoms with Crippen LogP contribution in [0.3, 0.4) is 0 Å². The van der Waals surface area contributed by atoms with E-state index >= 15 is 0 Å². The Hall–Kier alpha value is -1.17. The monoisotopic (exact) mass is 313 g/mol. The smallest absolute Gasteiger partial charge is 0.348 e. The first-order chi connectivity index (χ1) is 9.13. The van der Waals surface area contributed by atoms with Crippen LogP contribution in [0.1, 0.15) is 9.67 Å². The van der Waals surface area contributed by atoms with Crippen molar-refractivity contribution in [2.24, 2.45) is 0 Å². The Kier molecular flexibility index (Phi) is 4.74. The van der Waals surface area contributed by atoms with E-state index in [2.05, 4.69) is 5.32 Å². The summed E-state index contributed by atoms with van der Waals surface area (Å²) in [5.74, 6) is -0.315. The molecule has 2 rings (SSSR count). The summed E-state index contributed by atoms with van der Waals surface area (Å²) in [7, 11) is 1.38. The first-order valence-corrected chi connectivity index (χ1v) is 7.84. The maximum absolute atomic E-state index is 11.5. The van der Waals surface area contributed by atoms with Crippen LogP contribution in [0.2, 0.25) is 5.02 Å². The third-order valence-corrected chi connectivity index (χ3v) is 4.90. The van der Waals surface area contributed by atoms with Gasteiger partial charge in [-0.1, -0.05) is 11.6 Å². The topological polar surface area (TPSA) is 38.3 Å². The maximum Gasteiger partial charge on any atom is 0.348 e. The fraction of sp³-hybridized carbons (Fsp3) is 0.154. The summed E-state index contributed by atoms with van der Waals surface area (Å²) in [5.41, 5.74) is 1.83. The van der Waals surface area contributed by atoms with Gasteiger partial charge in [0.2, 0.25) is 0 Å². The molecule has 2 aromatic rings. The van der Waals surface area contributed by atoms with Gasteiger partial charge < -0.3 is 10.1 Å². The summed E-state index contributed by atoms with van der Waals surface area (Å²) >= 11 is 8.85. The van der Waals surface area contributed by atoms with Gasteiger partial charge in [-0.15, -0.1) is 23.1 Å². The lowest BCUT2D eigenvalue weighted by atomic mass is 10.3. The highest BCUT2D eigenvalue weighted by Gasteiger charge is 2.14. The molecular formula is C13H12ClNO2S2. The highest BCUT2D eigenvalue weighted by atomic mass is 35.5. The number of anilines is 2. The predicted molar refractivity (Wildman–Crippen MR) is 82.2 cm³/mol. The minimum atomic E-state index is -0.315. The van der Waals surface area contributed by atoms with Gasteiger partial charge in [0.05, 0.1) is 17.0 Å². The number of halogens is 1. The summed E-state index contributed by atoms with van der Waals surface area (Å²) in [5, 5.41) is 3.96. The van der Waals surface area contributed by atoms with Crippen LogP contribution in [-0.4, -0.2) is 19.3 Å². The van der Waals surface area contributed by atoms with Crippen molar-refractivity contribution < 1.29 is 9.53 Å². The fourth-order valence-electron chi connectivity index (χ4n) is 1.50. The zero-order valence-corrected chi connectivity index (χ0v) is 12.8. The number of thioether (sulfide) groups is 1. The second-order valence-corrected chi connectivity index (χ2v) is 6.20. The lowest BCUT2D eigenvalue weighted by Gasteiger charge is -2.05. The molecule has 3 nitrogen and oxygen atoms in total. The Morgan fingerprint density at radius 3 is 2.63 bits per heavy atom. The number of methoxy groups -OCH3 is 1. The van der Waals surface area contributed by atoms with Gasteiger partial charge in [0, 0.05) is 10.7 Å². The molecule has 1 heterocycles. The molecular weight excluding hydrogens is 302 g/mol. The molecule has 0 aliphatic rings. The van der Waals surface area contributed by atoms with Gasteiger partial charge in [-0.2, -0.15) is 0 Å². The van der Waals surface area contributed by atoms with E-state index < -0.39 is 0 Å². The van der Waals surface area contributed by atoms with Gasteiger partial charge >= 0.3 is 5.97 Å². The standard InChI is InChI=1S/C13H12ClNO2S2/c1-17-12(16)11-7-10(13(18-2)19-11)15-9-5-3-8(14)4-6-9/h3-7,15H,1-2H3. The summed E-state index contributed by atoms with van der Waals surface area (Å²) in [6.45, 7) is 0. The number of esters is 1. The van der Waals surface area contributed by atoms with Gasteiger partial charge in [0.1, 0.15) is 4.88 Å². The van der Waals surface area contributed by atoms with E-state index in [1.807, 2.05) is 30.5 Å². The summed E-state index contributed by atoms with van der Waals surface area (Å²) in [6.07, 6.45) is 1.97. The Bertz CT molecular complexity index is 581. The molecule has 0 atom stereocenters. The van der Waals surface area contributed by atoms with Crippen molar-refractivity contribution in [1.29, 1.82) is 0 Å². The molecule has 0 saturated carbocycles. The number of hydrogen-bond acceptors (Lipinski definition) is 5. The number of benzene rings is 1. The van der Waals surface area contributed by atoms with E-state index in [4.69, 9.17) is 16.3 Å². The zero-order valence-electron chi connectivity index (χ0n) is 10.4. The Labute approximate surface area is 124 Å². The fourth-order valence-corrected chi connectivity index (χ4v) is 3.32. The van der Waals surface area contributed by atoms with E-state index in [-0.39, 0.29) is 5.97 Å². The van der Waals surface area contributed by atoms with E-state index in [9.17, 15) is 4.79 Å². The predicted octanol–water partition coefficient (Wildman–Crippen LogP) is 4.65. The van der Waals surface area contributed by atoms with Gasteiger partial charge in [-0.3, -0.25) is 0 Å². The number of hydrogen-bond donors (Lipinski definition) is 1. The van der Waals surface area contributed by atoms with E-state index in [1.54, 1.807) is 17.8 Å². The molecule has 0 amide bonds. The molecule has 0 fully saturated rings. The molecule has 1 N–H and O–H groups in total. The highest BCUT2D eigenvalue weighted by molar-refractivity contribution is 8.00. The van der Waals surface area contributed by atoms with Crippen LogP contribution in [-0.2, 0) is 4.74 Å². The molecule has 0 aliphatic heterocycles. The largest absolute Gasteiger partial charge is 0.465 e. The van der Waals surface area contributed by atoms with Crippen molar-refractivity contribution in [3.63, 3.8) is 0 Å². The van der Waals surface area contributed by atoms with Crippen LogP contribution in [0.15, 0.2) is 34.5 Å². The number of carbonyl (C=O) groups is 1. The minimum Gasteiger partial charge on any atom is -0.465 e. The third kappa shape index (κ3) is 3.43. The Balaban J connectivity index is 2.26. The molecule has 0 spiro atoms. The second kappa shape index (κ2) is 6.32. The summed E-state index contributed by atoms with van der Waals surface area (Å²) < 4.78 is 5.77. The lowest BCUT2D eigenvalue weighted by Crippen LogP contribution is -1.97. The van der Waals surface area contributed by atoms with Crippen molar-refractivity contribution in [3.05, 3.63) is 40.2 Å². The van der Waals surface area contributed by atoms with Crippen molar-refractivity contribution in [2.45, 2.75) is 4.21 Å². The van der Waals surface area contributed by atoms with Crippen LogP contribution in [0.25, 0.3) is 0 Å². The number of nitrogens with one attached hydrogen (secondary N) is 1. The molecule has 1 aromatic heterocycles. The normalized spacial score (nSPS) is 10.3. The van der Waals surface area contributed by atoms with E-state index in [0.29, 0.717) is 9.90 Å². The van der Waals surface area contributed by atoms with E-state index in [1.165, 1.54) is 18.4 Å². The Morgan fingerprint density at radius 2 is 2.05 bits per heavy atom.